The number of rotatable bonds is 8. The minimum Gasteiger partial charge on any atom is -1.00 e. The number of pyridine rings is 1. The monoisotopic (exact) mass is 433 g/mol. The van der Waals surface area contributed by atoms with E-state index in [9.17, 15) is 0 Å². The van der Waals surface area contributed by atoms with Gasteiger partial charge in [-0.3, -0.25) is 0 Å². The van der Waals surface area contributed by atoms with Crippen molar-refractivity contribution in [2.24, 2.45) is 0 Å². The molecule has 0 amide bonds. The number of unbranched alkanes of at least 4 members (excludes halogenated alkanes) is 3. The lowest BCUT2D eigenvalue weighted by Gasteiger charge is -2.10. The third-order valence-corrected chi connectivity index (χ3v) is 4.63. The van der Waals surface area contributed by atoms with Gasteiger partial charge in [-0.2, -0.15) is 4.57 Å². The Bertz CT molecular complexity index is 823. The number of halogens is 2. The van der Waals surface area contributed by atoms with Crippen molar-refractivity contribution in [3.05, 3.63) is 71.4 Å². The molecule has 1 heterocycles. The van der Waals surface area contributed by atoms with Crippen molar-refractivity contribution in [3.63, 3.8) is 0 Å². The van der Waals surface area contributed by atoms with Crippen molar-refractivity contribution in [2.45, 2.75) is 39.2 Å². The maximum absolute atomic E-state index is 6.25. The standard InChI is InChI=1S/C22H25ClNO.BrH/c1-2-3-4-8-15-25-22-13-14-24(17-18-9-6-5-7-10-18)21-16-19(23)11-12-20(21)22;/h5-7,9-14,16H,2-4,8,15,17H2,1H3;1H/q+1;/p-1. The summed E-state index contributed by atoms with van der Waals surface area (Å²) in [5.41, 5.74) is 2.37. The normalized spacial score (nSPS) is 10.5. The van der Waals surface area contributed by atoms with Crippen molar-refractivity contribution < 1.29 is 26.3 Å². The maximum atomic E-state index is 6.25. The first-order chi connectivity index (χ1) is 12.3. The first kappa shape index (κ1) is 20.7. The fourth-order valence-corrected chi connectivity index (χ4v) is 3.20. The third kappa shape index (κ3) is 5.46. The van der Waals surface area contributed by atoms with E-state index in [-0.39, 0.29) is 17.0 Å². The molecule has 0 saturated carbocycles. The van der Waals surface area contributed by atoms with Crippen molar-refractivity contribution in [2.75, 3.05) is 6.61 Å². The van der Waals surface area contributed by atoms with Crippen LogP contribution in [0.1, 0.15) is 38.2 Å². The Morgan fingerprint density at radius 3 is 2.54 bits per heavy atom. The Kier molecular flexibility index (Phi) is 8.40. The van der Waals surface area contributed by atoms with E-state index in [4.69, 9.17) is 16.3 Å². The smallest absolute Gasteiger partial charge is 0.218 e. The second-order valence-corrected chi connectivity index (χ2v) is 6.80. The number of fused-ring (bicyclic) bond motifs is 1. The lowest BCUT2D eigenvalue weighted by Crippen LogP contribution is -3.00. The van der Waals surface area contributed by atoms with Crippen LogP contribution in [0.15, 0.2) is 60.8 Å². The molecular weight excluding hydrogens is 410 g/mol. The van der Waals surface area contributed by atoms with Crippen LogP contribution in [0.2, 0.25) is 5.02 Å². The Hall–Kier alpha value is -1.58. The summed E-state index contributed by atoms with van der Waals surface area (Å²) < 4.78 is 8.28. The molecule has 0 N–H and O–H groups in total. The van der Waals surface area contributed by atoms with Gasteiger partial charge in [0.1, 0.15) is 5.75 Å². The van der Waals surface area contributed by atoms with Gasteiger partial charge >= 0.3 is 0 Å². The van der Waals surface area contributed by atoms with Gasteiger partial charge in [0.05, 0.1) is 12.0 Å². The lowest BCUT2D eigenvalue weighted by atomic mass is 10.1. The van der Waals surface area contributed by atoms with E-state index >= 15 is 0 Å². The number of nitrogens with zero attached hydrogens (tertiary/aromatic N) is 1. The zero-order valence-corrected chi connectivity index (χ0v) is 17.5. The Morgan fingerprint density at radius 2 is 1.77 bits per heavy atom. The number of benzene rings is 2. The van der Waals surface area contributed by atoms with Crippen LogP contribution in [0.25, 0.3) is 10.9 Å². The zero-order valence-electron chi connectivity index (χ0n) is 15.1. The zero-order chi connectivity index (χ0) is 17.5. The van der Waals surface area contributed by atoms with E-state index in [1.807, 2.05) is 18.2 Å². The molecule has 0 bridgehead atoms. The summed E-state index contributed by atoms with van der Waals surface area (Å²) in [7, 11) is 0. The summed E-state index contributed by atoms with van der Waals surface area (Å²) in [5.74, 6) is 0.937. The summed E-state index contributed by atoms with van der Waals surface area (Å²) in [6, 6.07) is 18.5. The molecule has 0 radical (unpaired) electrons. The van der Waals surface area contributed by atoms with E-state index in [0.29, 0.717) is 0 Å². The predicted octanol–water partition coefficient (Wildman–Crippen LogP) is 2.79. The highest BCUT2D eigenvalue weighted by Gasteiger charge is 2.14. The van der Waals surface area contributed by atoms with E-state index in [0.717, 1.165) is 41.2 Å². The van der Waals surface area contributed by atoms with Crippen molar-refractivity contribution in [1.29, 1.82) is 0 Å². The van der Waals surface area contributed by atoms with Gasteiger partial charge in [-0.1, -0.05) is 68.1 Å². The molecule has 138 valence electrons. The predicted molar refractivity (Wildman–Crippen MR) is 104 cm³/mol. The van der Waals surface area contributed by atoms with Crippen LogP contribution in [0, 0.1) is 0 Å². The molecule has 26 heavy (non-hydrogen) atoms. The molecule has 1 aromatic heterocycles. The molecular formula is C22H25BrClNO. The summed E-state index contributed by atoms with van der Waals surface area (Å²) >= 11 is 6.25. The second-order valence-electron chi connectivity index (χ2n) is 6.36. The summed E-state index contributed by atoms with van der Waals surface area (Å²) in [6.45, 7) is 3.80. The largest absolute Gasteiger partial charge is 1.00 e. The minimum absolute atomic E-state index is 0. The third-order valence-electron chi connectivity index (χ3n) is 4.39. The van der Waals surface area contributed by atoms with Gasteiger partial charge in [-0.05, 0) is 18.6 Å². The molecule has 0 unspecified atom stereocenters. The fraction of sp³-hybridized carbons (Fsp3) is 0.318. The minimum atomic E-state index is 0. The quantitative estimate of drug-likeness (QED) is 0.392. The molecule has 0 saturated heterocycles. The SMILES string of the molecule is CCCCCCOc1cc[n+](Cc2ccccc2)c2cc(Cl)ccc12.[Br-]. The van der Waals surface area contributed by atoms with Crippen molar-refractivity contribution >= 4 is 22.5 Å². The molecule has 2 aromatic carbocycles. The van der Waals surface area contributed by atoms with Crippen molar-refractivity contribution in [1.82, 2.24) is 0 Å². The van der Waals surface area contributed by atoms with Crippen LogP contribution in [0.3, 0.4) is 0 Å². The average molecular weight is 435 g/mol. The Morgan fingerprint density at radius 1 is 0.962 bits per heavy atom. The molecule has 0 atom stereocenters. The van der Waals surface area contributed by atoms with Crippen molar-refractivity contribution in [3.8, 4) is 5.75 Å². The molecule has 0 aliphatic rings. The number of ether oxygens (including phenoxy) is 1. The van der Waals surface area contributed by atoms with Gasteiger partial charge in [0.25, 0.3) is 0 Å². The maximum Gasteiger partial charge on any atom is 0.218 e. The highest BCUT2D eigenvalue weighted by Crippen LogP contribution is 2.26. The summed E-state index contributed by atoms with van der Waals surface area (Å²) in [6.07, 6.45) is 6.92. The van der Waals surface area contributed by atoms with E-state index < -0.39 is 0 Å². The molecule has 3 aromatic rings. The van der Waals surface area contributed by atoms with Crippen LogP contribution in [-0.2, 0) is 6.54 Å². The van der Waals surface area contributed by atoms with E-state index in [1.165, 1.54) is 24.8 Å². The van der Waals surface area contributed by atoms with Crippen LogP contribution in [0.4, 0.5) is 0 Å². The van der Waals surface area contributed by atoms with Crippen LogP contribution in [0.5, 0.6) is 5.75 Å². The highest BCUT2D eigenvalue weighted by atomic mass is 79.9. The number of hydrogen-bond donors (Lipinski definition) is 0. The average Bonchev–Trinajstić information content (AvgIpc) is 2.64. The number of hydrogen-bond acceptors (Lipinski definition) is 1. The number of aromatic nitrogens is 1. The molecule has 4 heteroatoms. The van der Waals surface area contributed by atoms with Gasteiger partial charge in [-0.15, -0.1) is 0 Å². The first-order valence-electron chi connectivity index (χ1n) is 9.06. The molecule has 0 fully saturated rings. The second kappa shape index (κ2) is 10.5. The highest BCUT2D eigenvalue weighted by molar-refractivity contribution is 6.31. The molecule has 0 spiro atoms. The molecule has 2 nitrogen and oxygen atoms in total. The fourth-order valence-electron chi connectivity index (χ4n) is 3.03. The van der Waals surface area contributed by atoms with Crippen LogP contribution < -0.4 is 26.3 Å². The van der Waals surface area contributed by atoms with Gasteiger partial charge in [0.2, 0.25) is 5.52 Å². The Balaban J connectivity index is 0.00000243. The van der Waals surface area contributed by atoms with Crippen LogP contribution >= 0.6 is 11.6 Å². The van der Waals surface area contributed by atoms with Gasteiger partial charge in [0, 0.05) is 22.7 Å². The molecule has 0 aliphatic heterocycles. The van der Waals surface area contributed by atoms with E-state index in [1.54, 1.807) is 0 Å². The summed E-state index contributed by atoms with van der Waals surface area (Å²) in [5, 5.41) is 1.85. The lowest BCUT2D eigenvalue weighted by molar-refractivity contribution is -0.662. The van der Waals surface area contributed by atoms with Gasteiger partial charge < -0.3 is 21.7 Å². The van der Waals surface area contributed by atoms with Gasteiger partial charge in [0.15, 0.2) is 12.7 Å². The van der Waals surface area contributed by atoms with Gasteiger partial charge in [-0.25, -0.2) is 0 Å². The Labute approximate surface area is 171 Å². The summed E-state index contributed by atoms with van der Waals surface area (Å²) in [4.78, 5) is 0. The first-order valence-corrected chi connectivity index (χ1v) is 9.44. The van der Waals surface area contributed by atoms with Crippen LogP contribution in [-0.4, -0.2) is 6.61 Å². The topological polar surface area (TPSA) is 13.1 Å². The molecule has 0 aliphatic carbocycles. The molecule has 3 rings (SSSR count). The van der Waals surface area contributed by atoms with E-state index in [2.05, 4.69) is 54.1 Å².